The quantitative estimate of drug-likeness (QED) is 0.338. The average molecular weight is 469 g/mol. The van der Waals surface area contributed by atoms with Gasteiger partial charge in [-0.05, 0) is 55.8 Å². The lowest BCUT2D eigenvalue weighted by molar-refractivity contribution is -0.213. The minimum absolute atomic E-state index is 0.184. The standard InChI is InChI=1S/C21H20ClF4N5O/c22-13-4-5-17-16(6-13)18(8-19(30-17)21(24,25)26)28-14-2-1-3-15(7-14)29-20(32)12-9-27-31(10-12)11-23/h4-6,8-10,14-15H,1-3,7,11H2,(H,28,30)(H,29,32)/p-1/t14-,15?/m0/s1. The predicted octanol–water partition coefficient (Wildman–Crippen LogP) is 4.56. The summed E-state index contributed by atoms with van der Waals surface area (Å²) in [5.74, 6) is -0.490. The second-order valence-corrected chi connectivity index (χ2v) is 8.13. The van der Waals surface area contributed by atoms with Crippen LogP contribution in [0.15, 0.2) is 41.7 Å². The number of aliphatic imine (C=N–C) groups is 1. The SMILES string of the molecule is [O-]C(=NC1CCC[C@H](Nc2cc(C(F)(F)F)nc3ccc(Cl)cc23)C1)c1cnn(CF)c1. The predicted molar refractivity (Wildman–Crippen MR) is 111 cm³/mol. The number of hydrogen-bond acceptors (Lipinski definition) is 5. The summed E-state index contributed by atoms with van der Waals surface area (Å²) in [6.07, 6.45) is 0.563. The largest absolute Gasteiger partial charge is 0.858 e. The molecule has 3 aromatic rings. The van der Waals surface area contributed by atoms with E-state index in [0.717, 1.165) is 17.2 Å². The van der Waals surface area contributed by atoms with Crippen molar-refractivity contribution < 1.29 is 22.7 Å². The first-order valence-electron chi connectivity index (χ1n) is 10.0. The Labute approximate surface area is 185 Å². The van der Waals surface area contributed by atoms with E-state index in [1.807, 2.05) is 0 Å². The summed E-state index contributed by atoms with van der Waals surface area (Å²) in [4.78, 5) is 7.93. The summed E-state index contributed by atoms with van der Waals surface area (Å²) in [5.41, 5.74) is -0.330. The van der Waals surface area contributed by atoms with Crippen molar-refractivity contribution in [2.24, 2.45) is 4.99 Å². The molecule has 1 unspecified atom stereocenters. The van der Waals surface area contributed by atoms with Gasteiger partial charge in [0.15, 0.2) is 6.80 Å². The Bertz CT molecular complexity index is 1150. The van der Waals surface area contributed by atoms with Gasteiger partial charge in [-0.3, -0.25) is 4.99 Å². The summed E-state index contributed by atoms with van der Waals surface area (Å²) < 4.78 is 53.7. The van der Waals surface area contributed by atoms with Crippen molar-refractivity contribution in [3.05, 3.63) is 52.9 Å². The molecule has 11 heteroatoms. The fourth-order valence-corrected chi connectivity index (χ4v) is 4.05. The Morgan fingerprint density at radius 2 is 2.09 bits per heavy atom. The topological polar surface area (TPSA) is 78.2 Å². The molecule has 0 spiro atoms. The molecule has 4 rings (SSSR count). The van der Waals surface area contributed by atoms with Crippen LogP contribution in [-0.2, 0) is 13.0 Å². The highest BCUT2D eigenvalue weighted by Crippen LogP contribution is 2.35. The zero-order chi connectivity index (χ0) is 22.9. The van der Waals surface area contributed by atoms with Gasteiger partial charge in [-0.1, -0.05) is 11.6 Å². The number of hydrogen-bond donors (Lipinski definition) is 1. The van der Waals surface area contributed by atoms with E-state index in [4.69, 9.17) is 11.6 Å². The molecule has 2 atom stereocenters. The molecule has 1 saturated carbocycles. The number of benzene rings is 1. The van der Waals surface area contributed by atoms with E-state index in [1.54, 1.807) is 6.07 Å². The van der Waals surface area contributed by atoms with Crippen LogP contribution in [0.5, 0.6) is 0 Å². The van der Waals surface area contributed by atoms with Gasteiger partial charge >= 0.3 is 6.18 Å². The Morgan fingerprint density at radius 1 is 1.28 bits per heavy atom. The van der Waals surface area contributed by atoms with Crippen molar-refractivity contribution in [3.8, 4) is 0 Å². The van der Waals surface area contributed by atoms with Crippen molar-refractivity contribution in [1.29, 1.82) is 0 Å². The molecule has 1 aliphatic rings. The minimum atomic E-state index is -4.59. The van der Waals surface area contributed by atoms with Crippen LogP contribution >= 0.6 is 11.6 Å². The van der Waals surface area contributed by atoms with Crippen molar-refractivity contribution in [2.45, 2.75) is 50.7 Å². The van der Waals surface area contributed by atoms with E-state index in [1.165, 1.54) is 24.5 Å². The lowest BCUT2D eigenvalue weighted by Gasteiger charge is -2.30. The van der Waals surface area contributed by atoms with Crippen molar-refractivity contribution in [3.63, 3.8) is 0 Å². The third-order valence-corrected chi connectivity index (χ3v) is 5.60. The van der Waals surface area contributed by atoms with Gasteiger partial charge in [-0.25, -0.2) is 14.1 Å². The zero-order valence-corrected chi connectivity index (χ0v) is 17.5. The molecule has 2 heterocycles. The monoisotopic (exact) mass is 468 g/mol. The Hall–Kier alpha value is -2.88. The number of anilines is 1. The van der Waals surface area contributed by atoms with Crippen molar-refractivity contribution in [2.75, 3.05) is 5.32 Å². The molecule has 1 fully saturated rings. The third-order valence-electron chi connectivity index (χ3n) is 5.37. The number of pyridine rings is 1. The molecule has 6 nitrogen and oxygen atoms in total. The van der Waals surface area contributed by atoms with Crippen molar-refractivity contribution in [1.82, 2.24) is 14.8 Å². The molecule has 0 aliphatic heterocycles. The Balaban J connectivity index is 1.57. The number of halogens is 5. The van der Waals surface area contributed by atoms with Crippen LogP contribution in [0, 0.1) is 0 Å². The highest BCUT2D eigenvalue weighted by atomic mass is 35.5. The van der Waals surface area contributed by atoms with E-state index < -0.39 is 24.6 Å². The summed E-state index contributed by atoms with van der Waals surface area (Å²) in [5, 5.41) is 20.1. The van der Waals surface area contributed by atoms with Gasteiger partial charge in [0.2, 0.25) is 0 Å². The van der Waals surface area contributed by atoms with Gasteiger partial charge in [0, 0.05) is 33.9 Å². The van der Waals surface area contributed by atoms with Crippen LogP contribution in [0.3, 0.4) is 0 Å². The first-order chi connectivity index (χ1) is 15.2. The maximum atomic E-state index is 13.3. The highest BCUT2D eigenvalue weighted by molar-refractivity contribution is 6.31. The highest BCUT2D eigenvalue weighted by Gasteiger charge is 2.34. The van der Waals surface area contributed by atoms with Crippen LogP contribution in [0.1, 0.15) is 36.9 Å². The smallest absolute Gasteiger partial charge is 0.433 e. The number of rotatable bonds is 5. The van der Waals surface area contributed by atoms with E-state index in [2.05, 4.69) is 20.4 Å². The lowest BCUT2D eigenvalue weighted by atomic mass is 9.91. The maximum absolute atomic E-state index is 13.3. The molecule has 0 amide bonds. The number of fused-ring (bicyclic) bond motifs is 1. The van der Waals surface area contributed by atoms with Crippen molar-refractivity contribution >= 4 is 34.1 Å². The molecular formula is C21H19ClF4N5O-. The lowest BCUT2D eigenvalue weighted by Crippen LogP contribution is -2.31. The Morgan fingerprint density at radius 3 is 2.81 bits per heavy atom. The molecule has 1 aliphatic carbocycles. The van der Waals surface area contributed by atoms with Gasteiger partial charge in [0.05, 0.1) is 17.8 Å². The molecule has 0 bridgehead atoms. The molecule has 2 aromatic heterocycles. The summed E-state index contributed by atoms with van der Waals surface area (Å²) >= 11 is 6.05. The fourth-order valence-electron chi connectivity index (χ4n) is 3.87. The molecule has 0 saturated heterocycles. The zero-order valence-electron chi connectivity index (χ0n) is 16.7. The third kappa shape index (κ3) is 4.95. The second kappa shape index (κ2) is 8.93. The van der Waals surface area contributed by atoms with Gasteiger partial charge < -0.3 is 10.4 Å². The normalized spacial score (nSPS) is 20.0. The minimum Gasteiger partial charge on any atom is -0.858 e. The molecule has 1 N–H and O–H groups in total. The molecule has 32 heavy (non-hydrogen) atoms. The summed E-state index contributed by atoms with van der Waals surface area (Å²) in [6, 6.07) is 5.00. The molecule has 170 valence electrons. The van der Waals surface area contributed by atoms with Crippen LogP contribution in [-0.4, -0.2) is 32.7 Å². The number of nitrogens with one attached hydrogen (secondary N) is 1. The van der Waals surface area contributed by atoms with Gasteiger partial charge in [0.1, 0.15) is 5.69 Å². The Kier molecular flexibility index (Phi) is 6.23. The average Bonchev–Trinajstić information content (AvgIpc) is 3.23. The van der Waals surface area contributed by atoms with E-state index in [9.17, 15) is 22.7 Å². The van der Waals surface area contributed by atoms with Crippen LogP contribution < -0.4 is 10.4 Å². The number of alkyl halides is 4. The number of aromatic nitrogens is 3. The molecule has 0 radical (unpaired) electrons. The first-order valence-corrected chi connectivity index (χ1v) is 10.4. The second-order valence-electron chi connectivity index (χ2n) is 7.70. The van der Waals surface area contributed by atoms with E-state index in [0.29, 0.717) is 29.7 Å². The van der Waals surface area contributed by atoms with Crippen LogP contribution in [0.2, 0.25) is 5.02 Å². The van der Waals surface area contributed by atoms with Crippen LogP contribution in [0.25, 0.3) is 10.9 Å². The molecular weight excluding hydrogens is 450 g/mol. The first kappa shape index (κ1) is 22.3. The maximum Gasteiger partial charge on any atom is 0.433 e. The summed E-state index contributed by atoms with van der Waals surface area (Å²) in [6.45, 7) is -0.841. The van der Waals surface area contributed by atoms with Gasteiger partial charge in [0.25, 0.3) is 0 Å². The van der Waals surface area contributed by atoms with E-state index >= 15 is 0 Å². The fraction of sp³-hybridized carbons (Fsp3) is 0.381. The number of nitrogens with zero attached hydrogens (tertiary/aromatic N) is 4. The van der Waals surface area contributed by atoms with Crippen LogP contribution in [0.4, 0.5) is 23.2 Å². The van der Waals surface area contributed by atoms with Gasteiger partial charge in [-0.2, -0.15) is 18.3 Å². The van der Waals surface area contributed by atoms with Gasteiger partial charge in [-0.15, -0.1) is 0 Å². The molecule has 1 aromatic carbocycles. The summed E-state index contributed by atoms with van der Waals surface area (Å²) in [7, 11) is 0. The van der Waals surface area contributed by atoms with E-state index in [-0.39, 0.29) is 28.9 Å².